The van der Waals surface area contributed by atoms with Crippen LogP contribution in [0.1, 0.15) is 19.7 Å². The van der Waals surface area contributed by atoms with Crippen molar-refractivity contribution in [3.63, 3.8) is 0 Å². The molecule has 0 atom stereocenters. The van der Waals surface area contributed by atoms with Crippen LogP contribution in [0.4, 0.5) is 0 Å². The molecule has 0 aromatic carbocycles. The number of likely N-dealkylation sites (N-methyl/N-ethyl adjacent to an activating group) is 1. The lowest BCUT2D eigenvalue weighted by atomic mass is 10.1. The minimum absolute atomic E-state index is 0.119. The molecular weight excluding hydrogens is 246 g/mol. The van der Waals surface area contributed by atoms with Crippen molar-refractivity contribution in [2.75, 3.05) is 7.05 Å². The van der Waals surface area contributed by atoms with Gasteiger partial charge in [0, 0.05) is 7.05 Å². The maximum absolute atomic E-state index is 12.1. The molecule has 96 valence electrons. The molecule has 2 N–H and O–H groups in total. The van der Waals surface area contributed by atoms with Gasteiger partial charge in [-0.3, -0.25) is 4.79 Å². The van der Waals surface area contributed by atoms with Gasteiger partial charge in [-0.15, -0.1) is 0 Å². The van der Waals surface area contributed by atoms with E-state index in [0.717, 1.165) is 4.31 Å². The van der Waals surface area contributed by atoms with Gasteiger partial charge in [-0.1, -0.05) is 0 Å². The number of H-pyrrole nitrogens is 1. The van der Waals surface area contributed by atoms with E-state index >= 15 is 0 Å². The summed E-state index contributed by atoms with van der Waals surface area (Å²) in [7, 11) is -2.66. The van der Waals surface area contributed by atoms with Gasteiger partial charge in [0.15, 0.2) is 5.03 Å². The zero-order valence-corrected chi connectivity index (χ0v) is 10.9. The van der Waals surface area contributed by atoms with Crippen LogP contribution in [-0.2, 0) is 14.8 Å². The Balaban J connectivity index is 3.20. The number of carboxylic acids is 1. The van der Waals surface area contributed by atoms with Crippen molar-refractivity contribution in [1.82, 2.24) is 14.3 Å². The van der Waals surface area contributed by atoms with E-state index in [2.05, 4.69) is 9.97 Å². The largest absolute Gasteiger partial charge is 0.480 e. The smallest absolute Gasteiger partial charge is 0.324 e. The van der Waals surface area contributed by atoms with Gasteiger partial charge in [0.1, 0.15) is 11.4 Å². The minimum atomic E-state index is -3.89. The van der Waals surface area contributed by atoms with Crippen molar-refractivity contribution < 1.29 is 18.3 Å². The zero-order chi connectivity index (χ0) is 13.4. The van der Waals surface area contributed by atoms with Crippen molar-refractivity contribution >= 4 is 16.0 Å². The van der Waals surface area contributed by atoms with Crippen LogP contribution in [0.2, 0.25) is 0 Å². The summed E-state index contributed by atoms with van der Waals surface area (Å²) in [6.45, 7) is 4.24. The quantitative estimate of drug-likeness (QED) is 0.806. The lowest BCUT2D eigenvalue weighted by molar-refractivity contribution is -0.145. The first-order chi connectivity index (χ1) is 7.60. The highest BCUT2D eigenvalue weighted by Gasteiger charge is 2.40. The van der Waals surface area contributed by atoms with Gasteiger partial charge in [0.25, 0.3) is 10.0 Å². The highest BCUT2D eigenvalue weighted by atomic mass is 32.2. The Bertz CT molecular complexity index is 532. The van der Waals surface area contributed by atoms with Crippen molar-refractivity contribution in [2.45, 2.75) is 31.3 Å². The van der Waals surface area contributed by atoms with Crippen LogP contribution in [0.5, 0.6) is 0 Å². The number of hydrogen-bond donors (Lipinski definition) is 2. The Hall–Kier alpha value is -1.41. The van der Waals surface area contributed by atoms with E-state index in [9.17, 15) is 13.2 Å². The number of aryl methyl sites for hydroxylation is 1. The van der Waals surface area contributed by atoms with E-state index in [1.54, 1.807) is 6.92 Å². The molecule has 0 saturated heterocycles. The summed E-state index contributed by atoms with van der Waals surface area (Å²) in [5.74, 6) is -0.773. The van der Waals surface area contributed by atoms with E-state index in [1.165, 1.54) is 27.1 Å². The molecule has 1 rings (SSSR count). The Kier molecular flexibility index (Phi) is 3.30. The first-order valence-corrected chi connectivity index (χ1v) is 6.28. The Morgan fingerprint density at radius 3 is 2.41 bits per heavy atom. The molecule has 0 aliphatic carbocycles. The van der Waals surface area contributed by atoms with E-state index in [-0.39, 0.29) is 5.03 Å². The van der Waals surface area contributed by atoms with Gasteiger partial charge < -0.3 is 10.1 Å². The third kappa shape index (κ3) is 2.32. The van der Waals surface area contributed by atoms with Crippen molar-refractivity contribution in [1.29, 1.82) is 0 Å². The monoisotopic (exact) mass is 261 g/mol. The van der Waals surface area contributed by atoms with E-state index in [4.69, 9.17) is 5.11 Å². The van der Waals surface area contributed by atoms with E-state index < -0.39 is 21.5 Å². The Labute approximate surface area is 99.5 Å². The summed E-state index contributed by atoms with van der Waals surface area (Å²) >= 11 is 0. The summed E-state index contributed by atoms with van der Waals surface area (Å²) < 4.78 is 25.0. The number of sulfonamides is 1. The van der Waals surface area contributed by atoms with Gasteiger partial charge in [0.05, 0.1) is 6.20 Å². The third-order valence-corrected chi connectivity index (χ3v) is 4.57. The summed E-state index contributed by atoms with van der Waals surface area (Å²) in [5.41, 5.74) is -1.53. The molecule has 1 heterocycles. The molecule has 17 heavy (non-hydrogen) atoms. The first-order valence-electron chi connectivity index (χ1n) is 4.84. The number of hydrogen-bond acceptors (Lipinski definition) is 4. The van der Waals surface area contributed by atoms with Gasteiger partial charge in [-0.25, -0.2) is 13.4 Å². The molecule has 0 saturated carbocycles. The van der Waals surface area contributed by atoms with Crippen LogP contribution >= 0.6 is 0 Å². The molecule has 8 heteroatoms. The molecule has 0 bridgehead atoms. The number of rotatable bonds is 4. The summed E-state index contributed by atoms with van der Waals surface area (Å²) in [6, 6.07) is 0. The molecule has 1 aromatic rings. The average molecular weight is 261 g/mol. The molecule has 0 unspecified atom stereocenters. The SMILES string of the molecule is Cc1ncc(S(=O)(=O)N(C)C(C)(C)C(=O)O)[nH]1. The predicted octanol–water partition coefficient (Wildman–Crippen LogP) is 0.202. The highest BCUT2D eigenvalue weighted by Crippen LogP contribution is 2.21. The van der Waals surface area contributed by atoms with E-state index in [1.807, 2.05) is 0 Å². The average Bonchev–Trinajstić information content (AvgIpc) is 2.63. The van der Waals surface area contributed by atoms with Crippen molar-refractivity contribution in [3.8, 4) is 0 Å². The summed E-state index contributed by atoms with van der Waals surface area (Å²) in [4.78, 5) is 17.4. The first kappa shape index (κ1) is 13.7. The molecule has 0 aliphatic rings. The fourth-order valence-corrected chi connectivity index (χ4v) is 2.55. The minimum Gasteiger partial charge on any atom is -0.480 e. The number of aromatic nitrogens is 2. The Morgan fingerprint density at radius 2 is 2.06 bits per heavy atom. The molecule has 0 radical (unpaired) electrons. The van der Waals surface area contributed by atoms with Crippen LogP contribution in [0.25, 0.3) is 0 Å². The van der Waals surface area contributed by atoms with Gasteiger partial charge in [-0.2, -0.15) is 4.31 Å². The van der Waals surface area contributed by atoms with Gasteiger partial charge in [0.2, 0.25) is 0 Å². The summed E-state index contributed by atoms with van der Waals surface area (Å²) in [6.07, 6.45) is 1.17. The van der Waals surface area contributed by atoms with E-state index in [0.29, 0.717) is 5.82 Å². The number of nitrogens with one attached hydrogen (secondary N) is 1. The van der Waals surface area contributed by atoms with Crippen LogP contribution < -0.4 is 0 Å². The molecule has 0 fully saturated rings. The third-order valence-electron chi connectivity index (χ3n) is 2.63. The topological polar surface area (TPSA) is 103 Å². The van der Waals surface area contributed by atoms with Crippen LogP contribution in [-0.4, -0.2) is 46.4 Å². The second kappa shape index (κ2) is 4.11. The molecule has 1 aromatic heterocycles. The number of aromatic amines is 1. The van der Waals surface area contributed by atoms with Crippen LogP contribution in [0.3, 0.4) is 0 Å². The molecule has 0 spiro atoms. The maximum Gasteiger partial charge on any atom is 0.324 e. The molecular formula is C9H15N3O4S. The highest BCUT2D eigenvalue weighted by molar-refractivity contribution is 7.89. The lowest BCUT2D eigenvalue weighted by Gasteiger charge is -2.29. The lowest BCUT2D eigenvalue weighted by Crippen LogP contribution is -2.50. The van der Waals surface area contributed by atoms with Gasteiger partial charge in [-0.05, 0) is 20.8 Å². The normalized spacial score (nSPS) is 13.0. The number of carbonyl (C=O) groups is 1. The zero-order valence-electron chi connectivity index (χ0n) is 10.1. The number of nitrogens with zero attached hydrogens (tertiary/aromatic N) is 2. The summed E-state index contributed by atoms with van der Waals surface area (Å²) in [5, 5.41) is 8.88. The van der Waals surface area contributed by atoms with Crippen molar-refractivity contribution in [2.24, 2.45) is 0 Å². The number of aliphatic carboxylic acids is 1. The maximum atomic E-state index is 12.1. The van der Waals surface area contributed by atoms with Crippen molar-refractivity contribution in [3.05, 3.63) is 12.0 Å². The Morgan fingerprint density at radius 1 is 1.53 bits per heavy atom. The molecule has 0 aliphatic heterocycles. The van der Waals surface area contributed by atoms with Crippen LogP contribution in [0.15, 0.2) is 11.2 Å². The predicted molar refractivity (Wildman–Crippen MR) is 60.0 cm³/mol. The van der Waals surface area contributed by atoms with Crippen LogP contribution in [0, 0.1) is 6.92 Å². The second-order valence-corrected chi connectivity index (χ2v) is 6.11. The van der Waals surface area contributed by atoms with Gasteiger partial charge >= 0.3 is 5.97 Å². The number of carboxylic acid groups (broad SMARTS) is 1. The second-order valence-electron chi connectivity index (χ2n) is 4.17. The molecule has 0 amide bonds. The standard InChI is InChI=1S/C9H15N3O4S/c1-6-10-5-7(11-6)17(15,16)12(4)9(2,3)8(13)14/h5H,1-4H3,(H,10,11)(H,13,14). The fourth-order valence-electron chi connectivity index (χ4n) is 1.11. The number of imidazole rings is 1. The fraction of sp³-hybridized carbons (Fsp3) is 0.556. The molecule has 7 nitrogen and oxygen atoms in total.